The van der Waals surface area contributed by atoms with Gasteiger partial charge in [-0.1, -0.05) is 6.08 Å². The number of phosphoric acid groups is 1. The van der Waals surface area contributed by atoms with Crippen LogP contribution in [-0.2, 0) is 32.2 Å². The second-order valence-electron chi connectivity index (χ2n) is 9.53. The number of carbonyl (C=O) groups excluding carboxylic acids is 1. The first-order valence-corrected chi connectivity index (χ1v) is 15.4. The lowest BCUT2D eigenvalue weighted by atomic mass is 10.1. The third-order valence-electron chi connectivity index (χ3n) is 6.64. The molecule has 44 heavy (non-hydrogen) atoms. The predicted molar refractivity (Wildman–Crippen MR) is 144 cm³/mol. The number of carbonyl (C=O) groups is 1. The predicted octanol–water partition coefficient (Wildman–Crippen LogP) is -3.44. The molecule has 244 valence electrons. The number of ether oxygens (including phenoxy) is 2. The molecule has 0 aromatic carbocycles. The summed E-state index contributed by atoms with van der Waals surface area (Å²) >= 11 is 0. The van der Waals surface area contributed by atoms with E-state index in [0.29, 0.717) is 17.6 Å². The van der Waals surface area contributed by atoms with Gasteiger partial charge in [-0.25, -0.2) is 23.8 Å². The van der Waals surface area contributed by atoms with E-state index in [1.807, 2.05) is 0 Å². The Morgan fingerprint density at radius 1 is 1.09 bits per heavy atom. The molecule has 23 heteroatoms. The summed E-state index contributed by atoms with van der Waals surface area (Å²) < 4.78 is 42.4. The zero-order valence-electron chi connectivity index (χ0n) is 22.5. The number of nitrogens with two attached hydrogens (primary N) is 2. The highest BCUT2D eigenvalue weighted by molar-refractivity contribution is 7.55. The van der Waals surface area contributed by atoms with Crippen molar-refractivity contribution >= 4 is 39.0 Å². The third-order valence-corrected chi connectivity index (χ3v) is 8.66. The number of anilines is 1. The van der Waals surface area contributed by atoms with Crippen LogP contribution in [0.5, 0.6) is 0 Å². The summed E-state index contributed by atoms with van der Waals surface area (Å²) in [5.41, 5.74) is 11.9. The molecule has 2 fully saturated rings. The van der Waals surface area contributed by atoms with Crippen molar-refractivity contribution in [2.45, 2.75) is 55.5 Å². The molecule has 21 nitrogen and oxygen atoms in total. The van der Waals surface area contributed by atoms with Crippen molar-refractivity contribution < 1.29 is 67.6 Å². The standard InChI is InChI=1S/C11H18N2O10P2.C10H13N5O4/c12-10(16)6-2-1-3-13(4-6)11-9(15)8(14)7(22-11)5-21-25(19,20)23-24(17)18;11-8-5-9(13-2-12-8)15(3-14-5)10-7(18)6(17)4(1-16)19-10/h1,3-4,7-9,11,14-15,24H,2,5H2,(H2,12,16)(H,17,18)(H,19,20);2-4,6-7,10,16-18H,1H2,(H2,11,12,13)/t7-,8+,9-,11-;4-,6+,7-,10-/m11/s1. The Hall–Kier alpha value is -2.88. The van der Waals surface area contributed by atoms with Crippen LogP contribution >= 0.6 is 16.1 Å². The average Bonchev–Trinajstić information content (AvgIpc) is 3.62. The lowest BCUT2D eigenvalue weighted by molar-refractivity contribution is -0.115. The van der Waals surface area contributed by atoms with E-state index >= 15 is 0 Å². The summed E-state index contributed by atoms with van der Waals surface area (Å²) in [6.07, 6.45) is -1.92. The molecule has 5 heterocycles. The van der Waals surface area contributed by atoms with Crippen LogP contribution in [0.3, 0.4) is 0 Å². The van der Waals surface area contributed by atoms with Crippen LogP contribution < -0.4 is 11.5 Å². The maximum absolute atomic E-state index is 11.4. The number of phosphoric ester groups is 1. The topological polar surface area (TPSA) is 329 Å². The van der Waals surface area contributed by atoms with Crippen LogP contribution in [0.25, 0.3) is 11.2 Å². The molecule has 0 bridgehead atoms. The summed E-state index contributed by atoms with van der Waals surface area (Å²) in [6, 6.07) is 0. The Morgan fingerprint density at radius 3 is 2.39 bits per heavy atom. The number of aromatic nitrogens is 4. The number of nitrogen functional groups attached to an aromatic ring is 1. The number of aliphatic hydroxyl groups is 5. The Labute approximate surface area is 248 Å². The third kappa shape index (κ3) is 7.49. The molecule has 2 aromatic rings. The zero-order valence-corrected chi connectivity index (χ0v) is 24.3. The number of fused-ring (bicyclic) bond motifs is 1. The van der Waals surface area contributed by atoms with Gasteiger partial charge in [-0.15, -0.1) is 0 Å². The van der Waals surface area contributed by atoms with Crippen LogP contribution in [0.2, 0.25) is 0 Å². The van der Waals surface area contributed by atoms with Gasteiger partial charge in [0, 0.05) is 18.0 Å². The monoisotopic (exact) mass is 667 g/mol. The first-order valence-electron chi connectivity index (χ1n) is 12.7. The van der Waals surface area contributed by atoms with E-state index in [1.54, 1.807) is 6.08 Å². The lowest BCUT2D eigenvalue weighted by Gasteiger charge is -2.28. The molecule has 3 aliphatic heterocycles. The molecule has 2 unspecified atom stereocenters. The molecular formula is C21H31N7O14P2. The fraction of sp³-hybridized carbons (Fsp3) is 0.524. The highest BCUT2D eigenvalue weighted by Gasteiger charge is 2.46. The quantitative estimate of drug-likeness (QED) is 0.117. The van der Waals surface area contributed by atoms with Gasteiger partial charge < -0.3 is 61.2 Å². The lowest BCUT2D eigenvalue weighted by Crippen LogP contribution is -2.40. The molecule has 0 aliphatic carbocycles. The molecule has 2 saturated heterocycles. The minimum Gasteiger partial charge on any atom is -0.394 e. The average molecular weight is 667 g/mol. The number of imidazole rings is 1. The van der Waals surface area contributed by atoms with Crippen LogP contribution in [0.15, 0.2) is 36.7 Å². The van der Waals surface area contributed by atoms with Gasteiger partial charge >= 0.3 is 16.1 Å². The first kappa shape index (κ1) is 34.0. The molecule has 0 radical (unpaired) electrons. The number of nitrogens with zero attached hydrogens (tertiary/aromatic N) is 5. The summed E-state index contributed by atoms with van der Waals surface area (Å²) in [4.78, 5) is 42.1. The summed E-state index contributed by atoms with van der Waals surface area (Å²) in [6.45, 7) is -1.08. The van der Waals surface area contributed by atoms with Gasteiger partial charge in [0.05, 0.1) is 19.5 Å². The minimum atomic E-state index is -4.81. The summed E-state index contributed by atoms with van der Waals surface area (Å²) in [5, 5.41) is 48.8. The number of hydrogen-bond acceptors (Lipinski definition) is 17. The van der Waals surface area contributed by atoms with Crippen molar-refractivity contribution in [3.63, 3.8) is 0 Å². The van der Waals surface area contributed by atoms with Crippen LogP contribution in [0.1, 0.15) is 12.6 Å². The van der Waals surface area contributed by atoms with Crippen molar-refractivity contribution in [2.24, 2.45) is 5.73 Å². The highest BCUT2D eigenvalue weighted by atomic mass is 31.2. The SMILES string of the molecule is NC(=O)C1=CN([C@@H]2O[C@H](COP(=O)(O)O[PH](=O)O)[C@H](O)[C@H]2O)C=CC1.Nc1ncnc2c1ncn2[C@@H]1O[C@H](CO)[C@H](O)[C@H]1O. The van der Waals surface area contributed by atoms with Gasteiger partial charge in [0.1, 0.15) is 48.5 Å². The molecule has 0 spiro atoms. The number of allylic oxidation sites excluding steroid dienone is 1. The molecular weight excluding hydrogens is 636 g/mol. The van der Waals surface area contributed by atoms with Crippen molar-refractivity contribution in [2.75, 3.05) is 18.9 Å². The van der Waals surface area contributed by atoms with Gasteiger partial charge in [0.15, 0.2) is 23.9 Å². The van der Waals surface area contributed by atoms with Crippen LogP contribution in [0, 0.1) is 0 Å². The molecule has 2 aromatic heterocycles. The minimum absolute atomic E-state index is 0.218. The maximum Gasteiger partial charge on any atom is 0.479 e. The molecule has 3 aliphatic rings. The molecule has 5 rings (SSSR count). The van der Waals surface area contributed by atoms with Gasteiger partial charge in [-0.3, -0.25) is 18.5 Å². The highest BCUT2D eigenvalue weighted by Crippen LogP contribution is 2.51. The smallest absolute Gasteiger partial charge is 0.394 e. The van der Waals surface area contributed by atoms with Crippen molar-refractivity contribution in [3.8, 4) is 0 Å². The van der Waals surface area contributed by atoms with Crippen molar-refractivity contribution in [1.29, 1.82) is 0 Å². The second kappa shape index (κ2) is 14.0. The van der Waals surface area contributed by atoms with Gasteiger partial charge in [-0.2, -0.15) is 0 Å². The van der Waals surface area contributed by atoms with E-state index in [2.05, 4.69) is 23.8 Å². The van der Waals surface area contributed by atoms with E-state index in [9.17, 15) is 39.2 Å². The van der Waals surface area contributed by atoms with E-state index in [-0.39, 0.29) is 11.4 Å². The van der Waals surface area contributed by atoms with Gasteiger partial charge in [-0.05, 0) is 6.42 Å². The van der Waals surface area contributed by atoms with E-state index < -0.39 is 84.3 Å². The Balaban J connectivity index is 0.000000208. The molecule has 11 N–H and O–H groups in total. The largest absolute Gasteiger partial charge is 0.479 e. The van der Waals surface area contributed by atoms with Crippen LogP contribution in [0.4, 0.5) is 5.82 Å². The van der Waals surface area contributed by atoms with Gasteiger partial charge in [0.25, 0.3) is 0 Å². The second-order valence-corrected chi connectivity index (χ2v) is 12.0. The maximum atomic E-state index is 11.4. The number of hydrogen-bond donors (Lipinski definition) is 9. The number of primary amides is 1. The summed E-state index contributed by atoms with van der Waals surface area (Å²) in [5.74, 6) is -0.435. The Morgan fingerprint density at radius 2 is 1.75 bits per heavy atom. The molecule has 1 amide bonds. The zero-order chi connectivity index (χ0) is 32.3. The molecule has 0 saturated carbocycles. The fourth-order valence-electron chi connectivity index (χ4n) is 4.47. The summed E-state index contributed by atoms with van der Waals surface area (Å²) in [7, 11) is -8.52. The molecule has 10 atom stereocenters. The first-order chi connectivity index (χ1) is 20.7. The Kier molecular flexibility index (Phi) is 10.9. The fourth-order valence-corrected chi connectivity index (χ4v) is 5.81. The van der Waals surface area contributed by atoms with E-state index in [0.717, 1.165) is 0 Å². The van der Waals surface area contributed by atoms with Crippen molar-refractivity contribution in [1.82, 2.24) is 24.4 Å². The number of rotatable bonds is 9. The van der Waals surface area contributed by atoms with Crippen LogP contribution in [-0.4, -0.2) is 122 Å². The van der Waals surface area contributed by atoms with Crippen molar-refractivity contribution in [3.05, 3.63) is 36.7 Å². The number of amides is 1. The number of aliphatic hydroxyl groups excluding tert-OH is 5. The Bertz CT molecular complexity index is 1480. The van der Waals surface area contributed by atoms with E-state index in [4.69, 9.17) is 30.9 Å². The van der Waals surface area contributed by atoms with Gasteiger partial charge in [0.2, 0.25) is 5.91 Å². The van der Waals surface area contributed by atoms with E-state index in [1.165, 1.54) is 34.5 Å². The normalized spacial score (nSPS) is 32.2.